The van der Waals surface area contributed by atoms with E-state index in [1.54, 1.807) is 29.3 Å². The molecule has 180 valence electrons. The third-order valence-corrected chi connectivity index (χ3v) is 7.36. The maximum absolute atomic E-state index is 13.8. The lowest BCUT2D eigenvalue weighted by molar-refractivity contribution is 0.0747. The van der Waals surface area contributed by atoms with Crippen LogP contribution in [0, 0.1) is 0 Å². The number of carbonyl (C=O) groups excluding carboxylic acids is 1. The highest BCUT2D eigenvalue weighted by Crippen LogP contribution is 2.30. The van der Waals surface area contributed by atoms with E-state index in [-0.39, 0.29) is 5.91 Å². The molecule has 2 aromatic carbocycles. The summed E-state index contributed by atoms with van der Waals surface area (Å²) in [5.74, 6) is 0.740. The highest BCUT2D eigenvalue weighted by molar-refractivity contribution is 7.21. The molecule has 1 saturated heterocycles. The summed E-state index contributed by atoms with van der Waals surface area (Å²) in [6, 6.07) is 21.4. The van der Waals surface area contributed by atoms with Gasteiger partial charge in [-0.05, 0) is 48.5 Å². The molecule has 1 aliphatic heterocycles. The highest BCUT2D eigenvalue weighted by atomic mass is 32.1. The minimum atomic E-state index is -0.0198. The van der Waals surface area contributed by atoms with Gasteiger partial charge in [0.1, 0.15) is 21.8 Å². The summed E-state index contributed by atoms with van der Waals surface area (Å²) in [6.45, 7) is 2.66. The first-order valence-corrected chi connectivity index (χ1v) is 12.6. The van der Waals surface area contributed by atoms with Crippen molar-refractivity contribution in [3.63, 3.8) is 0 Å². The normalized spacial score (nSPS) is 13.8. The number of para-hydroxylation sites is 1. The average Bonchev–Trinajstić information content (AvgIpc) is 3.59. The Morgan fingerprint density at radius 3 is 2.44 bits per heavy atom. The number of rotatable bonds is 5. The molecule has 8 nitrogen and oxygen atoms in total. The third-order valence-electron chi connectivity index (χ3n) is 6.32. The minimum absolute atomic E-state index is 0.0198. The Hall–Kier alpha value is -4.24. The number of aromatic nitrogens is 4. The van der Waals surface area contributed by atoms with Crippen LogP contribution in [0.3, 0.4) is 0 Å². The number of anilines is 1. The van der Waals surface area contributed by atoms with Gasteiger partial charge in [-0.25, -0.2) is 14.6 Å². The van der Waals surface area contributed by atoms with Crippen LogP contribution in [-0.4, -0.2) is 63.8 Å². The maximum Gasteiger partial charge on any atom is 0.257 e. The molecule has 0 atom stereocenters. The van der Waals surface area contributed by atoms with Crippen LogP contribution in [-0.2, 0) is 0 Å². The molecule has 0 spiro atoms. The molecule has 4 heterocycles. The fourth-order valence-electron chi connectivity index (χ4n) is 4.37. The van der Waals surface area contributed by atoms with Crippen LogP contribution in [0.1, 0.15) is 10.4 Å². The largest absolute Gasteiger partial charge is 0.497 e. The van der Waals surface area contributed by atoms with Gasteiger partial charge in [0.25, 0.3) is 5.91 Å². The molecule has 9 heteroatoms. The fourth-order valence-corrected chi connectivity index (χ4v) is 5.33. The van der Waals surface area contributed by atoms with Crippen LogP contribution < -0.4 is 9.64 Å². The first kappa shape index (κ1) is 22.2. The van der Waals surface area contributed by atoms with Crippen molar-refractivity contribution in [2.75, 3.05) is 38.2 Å². The van der Waals surface area contributed by atoms with Crippen molar-refractivity contribution < 1.29 is 9.53 Å². The number of fused-ring (bicyclic) bond motifs is 1. The average molecular weight is 497 g/mol. The number of amides is 1. The molecule has 5 aromatic rings. The summed E-state index contributed by atoms with van der Waals surface area (Å²) in [4.78, 5) is 27.9. The van der Waals surface area contributed by atoms with Crippen molar-refractivity contribution in [2.45, 2.75) is 0 Å². The van der Waals surface area contributed by atoms with Crippen molar-refractivity contribution in [3.05, 3.63) is 84.7 Å². The predicted octanol–water partition coefficient (Wildman–Crippen LogP) is 4.52. The molecule has 36 heavy (non-hydrogen) atoms. The summed E-state index contributed by atoms with van der Waals surface area (Å²) in [6.07, 6.45) is 3.62. The maximum atomic E-state index is 13.8. The number of pyridine rings is 1. The van der Waals surface area contributed by atoms with Crippen LogP contribution in [0.5, 0.6) is 5.75 Å². The number of benzene rings is 2. The molecule has 0 saturated carbocycles. The molecular formula is C27H24N6O2S. The van der Waals surface area contributed by atoms with Crippen molar-refractivity contribution in [1.82, 2.24) is 24.6 Å². The minimum Gasteiger partial charge on any atom is -0.497 e. The van der Waals surface area contributed by atoms with Crippen LogP contribution in [0.2, 0.25) is 0 Å². The van der Waals surface area contributed by atoms with E-state index in [0.29, 0.717) is 24.3 Å². The fraction of sp³-hybridized carbons (Fsp3) is 0.185. The molecule has 1 aliphatic rings. The van der Waals surface area contributed by atoms with Crippen molar-refractivity contribution >= 4 is 32.7 Å². The first-order chi connectivity index (χ1) is 17.7. The number of carbonyl (C=O) groups is 1. The lowest BCUT2D eigenvalue weighted by Crippen LogP contribution is -2.48. The molecule has 0 unspecified atom stereocenters. The topological polar surface area (TPSA) is 76.4 Å². The Balaban J connectivity index is 1.26. The lowest BCUT2D eigenvalue weighted by atomic mass is 10.1. The number of hydrogen-bond acceptors (Lipinski definition) is 7. The lowest BCUT2D eigenvalue weighted by Gasteiger charge is -2.34. The monoisotopic (exact) mass is 496 g/mol. The third kappa shape index (κ3) is 4.18. The Morgan fingerprint density at radius 1 is 0.944 bits per heavy atom. The van der Waals surface area contributed by atoms with Crippen molar-refractivity contribution in [2.24, 2.45) is 0 Å². The number of methoxy groups -OCH3 is 1. The smallest absolute Gasteiger partial charge is 0.257 e. The summed E-state index contributed by atoms with van der Waals surface area (Å²) in [5, 5.41) is 5.76. The Labute approximate surface area is 212 Å². The van der Waals surface area contributed by atoms with Gasteiger partial charge in [0.2, 0.25) is 0 Å². The van der Waals surface area contributed by atoms with Crippen LogP contribution in [0.15, 0.2) is 79.1 Å². The summed E-state index contributed by atoms with van der Waals surface area (Å²) in [7, 11) is 1.64. The van der Waals surface area contributed by atoms with E-state index in [1.807, 2.05) is 77.8 Å². The van der Waals surface area contributed by atoms with Gasteiger partial charge >= 0.3 is 0 Å². The number of hydrogen-bond donors (Lipinski definition) is 0. The standard InChI is InChI=1S/C27H24N6O2S/c1-35-21-11-9-19(10-12-21)24-22(18-33(30-24)20-6-3-2-4-7-20)26(34)31-14-16-32(17-15-31)27-29-23-8-5-13-28-25(23)36-27/h2-13,18H,14-17H2,1H3. The van der Waals surface area contributed by atoms with Crippen LogP contribution in [0.4, 0.5) is 5.13 Å². The van der Waals surface area contributed by atoms with Crippen LogP contribution >= 0.6 is 11.3 Å². The summed E-state index contributed by atoms with van der Waals surface area (Å²) in [5.41, 5.74) is 3.93. The molecule has 0 aliphatic carbocycles. The Bertz CT molecular complexity index is 1470. The molecule has 0 bridgehead atoms. The van der Waals surface area contributed by atoms with Gasteiger partial charge in [0, 0.05) is 44.1 Å². The summed E-state index contributed by atoms with van der Waals surface area (Å²) < 4.78 is 7.08. The van der Waals surface area contributed by atoms with E-state index in [0.717, 1.165) is 45.6 Å². The van der Waals surface area contributed by atoms with E-state index in [1.165, 1.54) is 0 Å². The quantitative estimate of drug-likeness (QED) is 0.356. The molecule has 6 rings (SSSR count). The number of piperazine rings is 1. The van der Waals surface area contributed by atoms with E-state index in [9.17, 15) is 4.79 Å². The SMILES string of the molecule is COc1ccc(-c2nn(-c3ccccc3)cc2C(=O)N2CCN(c3nc4cccnc4s3)CC2)cc1. The molecule has 0 N–H and O–H groups in total. The van der Waals surface area contributed by atoms with Gasteiger partial charge < -0.3 is 14.5 Å². The molecule has 1 amide bonds. The van der Waals surface area contributed by atoms with E-state index >= 15 is 0 Å². The van der Waals surface area contributed by atoms with Gasteiger partial charge in [0.15, 0.2) is 5.13 Å². The summed E-state index contributed by atoms with van der Waals surface area (Å²) >= 11 is 1.59. The van der Waals surface area contributed by atoms with Gasteiger partial charge in [-0.2, -0.15) is 5.10 Å². The predicted molar refractivity (Wildman–Crippen MR) is 141 cm³/mol. The van der Waals surface area contributed by atoms with Gasteiger partial charge in [0.05, 0.1) is 18.4 Å². The van der Waals surface area contributed by atoms with Crippen LogP contribution in [0.25, 0.3) is 27.3 Å². The highest BCUT2D eigenvalue weighted by Gasteiger charge is 2.28. The zero-order valence-corrected chi connectivity index (χ0v) is 20.6. The molecule has 1 fully saturated rings. The number of nitrogens with zero attached hydrogens (tertiary/aromatic N) is 6. The van der Waals surface area contributed by atoms with E-state index in [4.69, 9.17) is 14.8 Å². The second-order valence-electron chi connectivity index (χ2n) is 8.50. The van der Waals surface area contributed by atoms with E-state index < -0.39 is 0 Å². The Morgan fingerprint density at radius 2 is 1.72 bits per heavy atom. The second-order valence-corrected chi connectivity index (χ2v) is 9.46. The van der Waals surface area contributed by atoms with Crippen molar-refractivity contribution in [3.8, 4) is 22.7 Å². The zero-order valence-electron chi connectivity index (χ0n) is 19.7. The molecular weight excluding hydrogens is 472 g/mol. The number of thiazole rings is 1. The van der Waals surface area contributed by atoms with E-state index in [2.05, 4.69) is 9.88 Å². The first-order valence-electron chi connectivity index (χ1n) is 11.7. The second kappa shape index (κ2) is 9.43. The van der Waals surface area contributed by atoms with Crippen molar-refractivity contribution in [1.29, 1.82) is 0 Å². The van der Waals surface area contributed by atoms with Gasteiger partial charge in [-0.3, -0.25) is 4.79 Å². The van der Waals surface area contributed by atoms with Gasteiger partial charge in [-0.15, -0.1) is 0 Å². The van der Waals surface area contributed by atoms with Gasteiger partial charge in [-0.1, -0.05) is 29.5 Å². The molecule has 3 aromatic heterocycles. The number of ether oxygens (including phenoxy) is 1. The zero-order chi connectivity index (χ0) is 24.5. The molecule has 0 radical (unpaired) electrons. The Kier molecular flexibility index (Phi) is 5.82.